The Morgan fingerprint density at radius 1 is 1.35 bits per heavy atom. The highest BCUT2D eigenvalue weighted by Crippen LogP contribution is 2.28. The van der Waals surface area contributed by atoms with Crippen molar-refractivity contribution in [1.82, 2.24) is 5.32 Å². The Hall–Kier alpha value is -1.17. The van der Waals surface area contributed by atoms with Gasteiger partial charge >= 0.3 is 0 Å². The first-order chi connectivity index (χ1) is 9.50. The lowest BCUT2D eigenvalue weighted by atomic mass is 9.85. The molecule has 6 heteroatoms. The van der Waals surface area contributed by atoms with Crippen LogP contribution in [0.2, 0.25) is 5.02 Å². The lowest BCUT2D eigenvalue weighted by Gasteiger charge is -2.32. The van der Waals surface area contributed by atoms with E-state index in [4.69, 9.17) is 11.6 Å². The molecule has 0 bridgehead atoms. The number of nitro groups is 1. The van der Waals surface area contributed by atoms with Crippen LogP contribution in [0.1, 0.15) is 37.7 Å². The van der Waals surface area contributed by atoms with Crippen molar-refractivity contribution in [3.8, 4) is 0 Å². The molecule has 0 atom stereocenters. The van der Waals surface area contributed by atoms with Gasteiger partial charge in [0.25, 0.3) is 5.69 Å². The summed E-state index contributed by atoms with van der Waals surface area (Å²) in [6.45, 7) is 0.788. The van der Waals surface area contributed by atoms with Crippen molar-refractivity contribution in [2.24, 2.45) is 0 Å². The average Bonchev–Trinajstić information content (AvgIpc) is 2.39. The summed E-state index contributed by atoms with van der Waals surface area (Å²) < 4.78 is 0. The topological polar surface area (TPSA) is 75.4 Å². The van der Waals surface area contributed by atoms with E-state index in [1.165, 1.54) is 18.6 Å². The maximum atomic E-state index is 10.9. The van der Waals surface area contributed by atoms with E-state index in [0.717, 1.165) is 25.7 Å². The van der Waals surface area contributed by atoms with E-state index < -0.39 is 10.5 Å². The third kappa shape index (κ3) is 3.91. The Morgan fingerprint density at radius 3 is 2.70 bits per heavy atom. The van der Waals surface area contributed by atoms with Gasteiger partial charge in [-0.25, -0.2) is 0 Å². The molecule has 5 nitrogen and oxygen atoms in total. The van der Waals surface area contributed by atoms with Gasteiger partial charge in [0.15, 0.2) is 0 Å². The summed E-state index contributed by atoms with van der Waals surface area (Å²) in [4.78, 5) is 10.5. The normalized spacial score (nSPS) is 17.9. The van der Waals surface area contributed by atoms with E-state index in [0.29, 0.717) is 23.7 Å². The number of rotatable bonds is 5. The summed E-state index contributed by atoms with van der Waals surface area (Å²) in [6.07, 6.45) is 4.82. The van der Waals surface area contributed by atoms with Crippen molar-refractivity contribution < 1.29 is 10.0 Å². The van der Waals surface area contributed by atoms with Gasteiger partial charge < -0.3 is 10.4 Å². The van der Waals surface area contributed by atoms with Gasteiger partial charge in [-0.3, -0.25) is 10.1 Å². The highest BCUT2D eigenvalue weighted by atomic mass is 35.5. The standard InChI is InChI=1S/C14H19ClN2O3/c15-12-4-5-13(17(19)20)11(8-12)9-16-10-14(18)6-2-1-3-7-14/h4-5,8,16,18H,1-3,6-7,9-10H2. The van der Waals surface area contributed by atoms with Gasteiger partial charge in [0.1, 0.15) is 0 Å². The van der Waals surface area contributed by atoms with Crippen molar-refractivity contribution in [1.29, 1.82) is 0 Å². The van der Waals surface area contributed by atoms with Crippen molar-refractivity contribution in [2.45, 2.75) is 44.2 Å². The zero-order valence-corrected chi connectivity index (χ0v) is 12.0. The van der Waals surface area contributed by atoms with Crippen molar-refractivity contribution in [3.05, 3.63) is 38.9 Å². The Morgan fingerprint density at radius 2 is 2.05 bits per heavy atom. The van der Waals surface area contributed by atoms with E-state index >= 15 is 0 Å². The third-order valence-corrected chi connectivity index (χ3v) is 4.03. The van der Waals surface area contributed by atoms with E-state index in [1.54, 1.807) is 6.07 Å². The zero-order valence-electron chi connectivity index (χ0n) is 11.3. The van der Waals surface area contributed by atoms with E-state index in [1.807, 2.05) is 0 Å². The summed E-state index contributed by atoms with van der Waals surface area (Å²) >= 11 is 5.88. The van der Waals surface area contributed by atoms with Crippen LogP contribution in [0.3, 0.4) is 0 Å². The van der Waals surface area contributed by atoms with Gasteiger partial charge in [-0.15, -0.1) is 0 Å². The van der Waals surface area contributed by atoms with Crippen molar-refractivity contribution in [2.75, 3.05) is 6.54 Å². The molecule has 0 spiro atoms. The molecule has 0 saturated heterocycles. The molecule has 1 aromatic carbocycles. The first-order valence-electron chi connectivity index (χ1n) is 6.86. The van der Waals surface area contributed by atoms with Crippen LogP contribution in [-0.4, -0.2) is 22.2 Å². The van der Waals surface area contributed by atoms with E-state index in [-0.39, 0.29) is 5.69 Å². The molecule has 0 heterocycles. The predicted octanol–water partition coefficient (Wildman–Crippen LogP) is 3.03. The van der Waals surface area contributed by atoms with Gasteiger partial charge in [0.2, 0.25) is 0 Å². The molecular weight excluding hydrogens is 280 g/mol. The quantitative estimate of drug-likeness (QED) is 0.647. The van der Waals surface area contributed by atoms with Crippen LogP contribution in [0.4, 0.5) is 5.69 Å². The number of hydrogen-bond donors (Lipinski definition) is 2. The maximum absolute atomic E-state index is 10.9. The minimum absolute atomic E-state index is 0.0533. The molecular formula is C14H19ClN2O3. The molecule has 2 rings (SSSR count). The SMILES string of the molecule is O=[N+]([O-])c1ccc(Cl)cc1CNCC1(O)CCCCC1. The van der Waals surface area contributed by atoms with Crippen LogP contribution >= 0.6 is 11.6 Å². The number of aliphatic hydroxyl groups is 1. The molecule has 20 heavy (non-hydrogen) atoms. The highest BCUT2D eigenvalue weighted by Gasteiger charge is 2.28. The van der Waals surface area contributed by atoms with Crippen LogP contribution in [0.5, 0.6) is 0 Å². The van der Waals surface area contributed by atoms with Gasteiger partial charge in [0.05, 0.1) is 10.5 Å². The van der Waals surface area contributed by atoms with E-state index in [2.05, 4.69) is 5.32 Å². The molecule has 1 aromatic rings. The number of hydrogen-bond acceptors (Lipinski definition) is 4. The van der Waals surface area contributed by atoms with Crippen LogP contribution in [0.15, 0.2) is 18.2 Å². The molecule has 2 N–H and O–H groups in total. The lowest BCUT2D eigenvalue weighted by molar-refractivity contribution is -0.385. The van der Waals surface area contributed by atoms with Gasteiger partial charge in [0, 0.05) is 29.7 Å². The number of benzene rings is 1. The monoisotopic (exact) mass is 298 g/mol. The lowest BCUT2D eigenvalue weighted by Crippen LogP contribution is -2.41. The second-order valence-electron chi connectivity index (χ2n) is 5.42. The fourth-order valence-electron chi connectivity index (χ4n) is 2.69. The van der Waals surface area contributed by atoms with Crippen molar-refractivity contribution >= 4 is 17.3 Å². The summed E-state index contributed by atoms with van der Waals surface area (Å²) in [5, 5.41) is 24.9. The molecule has 0 radical (unpaired) electrons. The average molecular weight is 299 g/mol. The Kier molecular flexibility index (Phi) is 4.96. The highest BCUT2D eigenvalue weighted by molar-refractivity contribution is 6.30. The molecule has 0 amide bonds. The van der Waals surface area contributed by atoms with Crippen LogP contribution in [-0.2, 0) is 6.54 Å². The molecule has 0 unspecified atom stereocenters. The first-order valence-corrected chi connectivity index (χ1v) is 7.24. The Bertz CT molecular complexity index is 487. The molecule has 1 aliphatic rings. The maximum Gasteiger partial charge on any atom is 0.273 e. The zero-order chi connectivity index (χ0) is 14.6. The van der Waals surface area contributed by atoms with Gasteiger partial charge in [-0.2, -0.15) is 0 Å². The molecule has 1 fully saturated rings. The van der Waals surface area contributed by atoms with E-state index in [9.17, 15) is 15.2 Å². The van der Waals surface area contributed by atoms with Gasteiger partial charge in [-0.1, -0.05) is 30.9 Å². The summed E-state index contributed by atoms with van der Waals surface area (Å²) in [5.74, 6) is 0. The second kappa shape index (κ2) is 6.52. The van der Waals surface area contributed by atoms with Crippen LogP contribution in [0.25, 0.3) is 0 Å². The molecule has 0 aliphatic heterocycles. The smallest absolute Gasteiger partial charge is 0.273 e. The number of nitrogens with zero attached hydrogens (tertiary/aromatic N) is 1. The largest absolute Gasteiger partial charge is 0.389 e. The third-order valence-electron chi connectivity index (χ3n) is 3.79. The molecule has 1 aliphatic carbocycles. The minimum Gasteiger partial charge on any atom is -0.389 e. The van der Waals surface area contributed by atoms with Gasteiger partial charge in [-0.05, 0) is 25.0 Å². The minimum atomic E-state index is -0.675. The Balaban J connectivity index is 1.96. The number of nitro benzene ring substituents is 1. The molecule has 110 valence electrons. The number of nitrogens with one attached hydrogen (secondary N) is 1. The summed E-state index contributed by atoms with van der Waals surface area (Å²) in [7, 11) is 0. The number of halogens is 1. The Labute approximate surface area is 123 Å². The van der Waals surface area contributed by atoms with Crippen LogP contribution < -0.4 is 5.32 Å². The summed E-state index contributed by atoms with van der Waals surface area (Å²) in [6, 6.07) is 4.52. The molecule has 1 saturated carbocycles. The predicted molar refractivity (Wildman–Crippen MR) is 77.8 cm³/mol. The first kappa shape index (κ1) is 15.2. The fraction of sp³-hybridized carbons (Fsp3) is 0.571. The fourth-order valence-corrected chi connectivity index (χ4v) is 2.88. The second-order valence-corrected chi connectivity index (χ2v) is 5.86. The van der Waals surface area contributed by atoms with Crippen LogP contribution in [0, 0.1) is 10.1 Å². The summed E-state index contributed by atoms with van der Waals surface area (Å²) in [5.41, 5.74) is -0.0783. The molecule has 0 aromatic heterocycles. The van der Waals surface area contributed by atoms with Crippen molar-refractivity contribution in [3.63, 3.8) is 0 Å².